The van der Waals surface area contributed by atoms with Gasteiger partial charge in [-0.05, 0) is 42.5 Å². The summed E-state index contributed by atoms with van der Waals surface area (Å²) in [6, 6.07) is 17.1. The number of rotatable bonds is 4. The Kier molecular flexibility index (Phi) is 4.10. The first-order chi connectivity index (χ1) is 13.9. The van der Waals surface area contributed by atoms with Crippen molar-refractivity contribution in [3.63, 3.8) is 0 Å². The molecule has 2 N–H and O–H groups in total. The number of hydrogen-bond donors (Lipinski definition) is 2. The molecule has 0 amide bonds. The van der Waals surface area contributed by atoms with Crippen LogP contribution >= 0.6 is 0 Å². The third kappa shape index (κ3) is 3.14. The summed E-state index contributed by atoms with van der Waals surface area (Å²) in [6.45, 7) is 1.40. The van der Waals surface area contributed by atoms with E-state index in [2.05, 4.69) is 25.6 Å². The first-order valence-corrected chi connectivity index (χ1v) is 8.97. The molecular weight excluding hydrogens is 354 g/mol. The van der Waals surface area contributed by atoms with Gasteiger partial charge in [-0.1, -0.05) is 6.07 Å². The van der Waals surface area contributed by atoms with Crippen LogP contribution in [0.25, 0.3) is 10.9 Å². The number of anilines is 3. The highest BCUT2D eigenvalue weighted by Gasteiger charge is 2.17. The molecule has 28 heavy (non-hydrogen) atoms. The lowest BCUT2D eigenvalue weighted by atomic mass is 10.1. The Bertz CT molecular complexity index is 1120. The van der Waals surface area contributed by atoms with Gasteiger partial charge in [0, 0.05) is 24.5 Å². The molecule has 0 fully saturated rings. The second-order valence-corrected chi connectivity index (χ2v) is 6.25. The van der Waals surface area contributed by atoms with E-state index < -0.39 is 0 Å². The molecule has 0 saturated carbocycles. The van der Waals surface area contributed by atoms with E-state index in [4.69, 9.17) is 9.47 Å². The normalized spacial score (nSPS) is 12.6. The summed E-state index contributed by atoms with van der Waals surface area (Å²) in [6.07, 6.45) is 3.24. The molecule has 7 heteroatoms. The Morgan fingerprint density at radius 1 is 0.964 bits per heavy atom. The maximum atomic E-state index is 5.89. The predicted octanol–water partition coefficient (Wildman–Crippen LogP) is 4.37. The smallest absolute Gasteiger partial charge is 0.219 e. The number of aromatic nitrogens is 3. The van der Waals surface area contributed by atoms with Crippen LogP contribution in [0.2, 0.25) is 0 Å². The van der Waals surface area contributed by atoms with Crippen molar-refractivity contribution in [2.75, 3.05) is 23.8 Å². The van der Waals surface area contributed by atoms with E-state index in [1.165, 1.54) is 0 Å². The number of fused-ring (bicyclic) bond motifs is 3. The van der Waals surface area contributed by atoms with Gasteiger partial charge in [0.15, 0.2) is 5.75 Å². The van der Waals surface area contributed by atoms with Crippen molar-refractivity contribution in [2.45, 2.75) is 0 Å². The number of pyridine rings is 1. The second kappa shape index (κ2) is 7.03. The third-order valence-corrected chi connectivity index (χ3v) is 4.40. The summed E-state index contributed by atoms with van der Waals surface area (Å²) in [5, 5.41) is 7.57. The summed E-state index contributed by atoms with van der Waals surface area (Å²) < 4.78 is 11.6. The lowest BCUT2D eigenvalue weighted by Gasteiger charge is -2.21. The van der Waals surface area contributed by atoms with E-state index in [0.29, 0.717) is 24.1 Å². The van der Waals surface area contributed by atoms with E-state index in [0.717, 1.165) is 34.6 Å². The molecule has 2 aromatic carbocycles. The molecule has 0 spiro atoms. The third-order valence-electron chi connectivity index (χ3n) is 4.40. The van der Waals surface area contributed by atoms with Gasteiger partial charge in [0.05, 0.1) is 16.6 Å². The monoisotopic (exact) mass is 371 g/mol. The first-order valence-electron chi connectivity index (χ1n) is 8.97. The van der Waals surface area contributed by atoms with Crippen molar-refractivity contribution in [1.29, 1.82) is 0 Å². The average molecular weight is 371 g/mol. The minimum atomic E-state index is 0.557. The second-order valence-electron chi connectivity index (χ2n) is 6.25. The predicted molar refractivity (Wildman–Crippen MR) is 108 cm³/mol. The standard InChI is InChI=1S/C21H17N5O2/c1-2-10-23-18(3-1)28-15-6-4-14(5-7-15)26-21-19-16(24-13-25-21)8-9-17-20(19)27-12-11-22-17/h1-10,13,22H,11-12H2,(H,24,25,26). The molecule has 4 aromatic rings. The fourth-order valence-electron chi connectivity index (χ4n) is 3.12. The largest absolute Gasteiger partial charge is 0.489 e. The summed E-state index contributed by atoms with van der Waals surface area (Å²) >= 11 is 0. The topological polar surface area (TPSA) is 81.2 Å². The van der Waals surface area contributed by atoms with Gasteiger partial charge in [-0.15, -0.1) is 0 Å². The summed E-state index contributed by atoms with van der Waals surface area (Å²) in [5.41, 5.74) is 2.67. The maximum absolute atomic E-state index is 5.89. The van der Waals surface area contributed by atoms with E-state index in [9.17, 15) is 0 Å². The Balaban J connectivity index is 1.44. The lowest BCUT2D eigenvalue weighted by molar-refractivity contribution is 0.327. The molecule has 1 aliphatic rings. The van der Waals surface area contributed by atoms with E-state index in [-0.39, 0.29) is 0 Å². The summed E-state index contributed by atoms with van der Waals surface area (Å²) in [4.78, 5) is 13.0. The fraction of sp³-hybridized carbons (Fsp3) is 0.0952. The lowest BCUT2D eigenvalue weighted by Crippen LogP contribution is -2.18. The van der Waals surface area contributed by atoms with Crippen molar-refractivity contribution in [3.05, 3.63) is 67.1 Å². The van der Waals surface area contributed by atoms with Crippen LogP contribution in [0.4, 0.5) is 17.2 Å². The Hall–Kier alpha value is -3.87. The molecule has 0 atom stereocenters. The molecule has 0 saturated heterocycles. The molecule has 5 rings (SSSR count). The number of ether oxygens (including phenoxy) is 2. The maximum Gasteiger partial charge on any atom is 0.219 e. The van der Waals surface area contributed by atoms with Gasteiger partial charge in [-0.3, -0.25) is 0 Å². The van der Waals surface area contributed by atoms with Crippen LogP contribution in [-0.2, 0) is 0 Å². The Morgan fingerprint density at radius 3 is 2.75 bits per heavy atom. The average Bonchev–Trinajstić information content (AvgIpc) is 2.76. The van der Waals surface area contributed by atoms with Crippen LogP contribution in [0, 0.1) is 0 Å². The van der Waals surface area contributed by atoms with Crippen LogP contribution < -0.4 is 20.1 Å². The highest BCUT2D eigenvalue weighted by atomic mass is 16.5. The van der Waals surface area contributed by atoms with Crippen molar-refractivity contribution in [1.82, 2.24) is 15.0 Å². The van der Waals surface area contributed by atoms with Gasteiger partial charge in [0.1, 0.15) is 24.5 Å². The molecule has 0 radical (unpaired) electrons. The zero-order chi connectivity index (χ0) is 18.8. The van der Waals surface area contributed by atoms with Crippen LogP contribution in [0.3, 0.4) is 0 Å². The van der Waals surface area contributed by atoms with Gasteiger partial charge < -0.3 is 20.1 Å². The van der Waals surface area contributed by atoms with Crippen molar-refractivity contribution >= 4 is 28.1 Å². The van der Waals surface area contributed by atoms with E-state index in [1.807, 2.05) is 54.6 Å². The molecule has 0 aliphatic carbocycles. The Labute approximate surface area is 161 Å². The SMILES string of the molecule is c1ccc(Oc2ccc(Nc3ncnc4ccc5c(c34)OCCN5)cc2)nc1. The van der Waals surface area contributed by atoms with Crippen molar-refractivity contribution < 1.29 is 9.47 Å². The number of nitrogens with zero attached hydrogens (tertiary/aromatic N) is 3. The molecule has 3 heterocycles. The quantitative estimate of drug-likeness (QED) is 0.551. The number of nitrogens with one attached hydrogen (secondary N) is 2. The van der Waals surface area contributed by atoms with E-state index >= 15 is 0 Å². The molecule has 138 valence electrons. The Morgan fingerprint density at radius 2 is 1.89 bits per heavy atom. The minimum Gasteiger partial charge on any atom is -0.489 e. The molecule has 0 unspecified atom stereocenters. The summed E-state index contributed by atoms with van der Waals surface area (Å²) in [7, 11) is 0. The van der Waals surface area contributed by atoms with Crippen LogP contribution in [0.5, 0.6) is 17.4 Å². The van der Waals surface area contributed by atoms with Crippen molar-refractivity contribution in [3.8, 4) is 17.4 Å². The highest BCUT2D eigenvalue weighted by Crippen LogP contribution is 2.39. The van der Waals surface area contributed by atoms with Gasteiger partial charge in [-0.25, -0.2) is 15.0 Å². The van der Waals surface area contributed by atoms with Crippen LogP contribution in [0.15, 0.2) is 67.1 Å². The molecular formula is C21H17N5O2. The molecule has 0 bridgehead atoms. The highest BCUT2D eigenvalue weighted by molar-refractivity contribution is 5.99. The van der Waals surface area contributed by atoms with Gasteiger partial charge in [0.2, 0.25) is 5.88 Å². The first kappa shape index (κ1) is 16.3. The molecule has 7 nitrogen and oxygen atoms in total. The zero-order valence-electron chi connectivity index (χ0n) is 14.9. The zero-order valence-corrected chi connectivity index (χ0v) is 14.9. The van der Waals surface area contributed by atoms with Crippen LogP contribution in [-0.4, -0.2) is 28.1 Å². The van der Waals surface area contributed by atoms with Gasteiger partial charge >= 0.3 is 0 Å². The van der Waals surface area contributed by atoms with Crippen molar-refractivity contribution in [2.24, 2.45) is 0 Å². The van der Waals surface area contributed by atoms with Gasteiger partial charge in [-0.2, -0.15) is 0 Å². The van der Waals surface area contributed by atoms with Crippen LogP contribution in [0.1, 0.15) is 0 Å². The van der Waals surface area contributed by atoms with Gasteiger partial charge in [0.25, 0.3) is 0 Å². The number of hydrogen-bond acceptors (Lipinski definition) is 7. The molecule has 2 aromatic heterocycles. The molecule has 1 aliphatic heterocycles. The fourth-order valence-corrected chi connectivity index (χ4v) is 3.12. The minimum absolute atomic E-state index is 0.557. The van der Waals surface area contributed by atoms with E-state index in [1.54, 1.807) is 12.5 Å². The summed E-state index contributed by atoms with van der Waals surface area (Å²) in [5.74, 6) is 2.74. The number of benzene rings is 2.